The molecule has 0 aliphatic carbocycles. The van der Waals surface area contributed by atoms with Crippen molar-refractivity contribution < 1.29 is 0 Å². The van der Waals surface area contributed by atoms with E-state index in [0.717, 1.165) is 17.8 Å². The minimum absolute atomic E-state index is 0.943. The van der Waals surface area contributed by atoms with Crippen LogP contribution in [0, 0.1) is 17.8 Å². The largest absolute Gasteiger partial charge is 0.0654 e. The maximum absolute atomic E-state index is 2.51. The zero-order chi connectivity index (χ0) is 27.9. The van der Waals surface area contributed by atoms with Crippen LogP contribution in [-0.2, 0) is 0 Å². The molecule has 3 unspecified atom stereocenters. The molecule has 0 aliphatic heterocycles. The van der Waals surface area contributed by atoms with Crippen molar-refractivity contribution in [2.24, 2.45) is 17.8 Å². The summed E-state index contributed by atoms with van der Waals surface area (Å²) in [5, 5.41) is 0. The van der Waals surface area contributed by atoms with Gasteiger partial charge < -0.3 is 0 Å². The number of rotatable bonds is 32. The van der Waals surface area contributed by atoms with Gasteiger partial charge in [-0.3, -0.25) is 0 Å². The maximum Gasteiger partial charge on any atom is -0.0443 e. The van der Waals surface area contributed by atoms with Gasteiger partial charge in [0.15, 0.2) is 0 Å². The molecular weight excluding hydrogens is 456 g/mol. The highest BCUT2D eigenvalue weighted by Crippen LogP contribution is 2.22. The lowest BCUT2D eigenvalue weighted by atomic mass is 9.93. The highest BCUT2D eigenvalue weighted by molar-refractivity contribution is 4.59. The second-order valence-electron chi connectivity index (χ2n) is 13.8. The van der Waals surface area contributed by atoms with Crippen LogP contribution >= 0.6 is 0 Å². The van der Waals surface area contributed by atoms with E-state index in [9.17, 15) is 0 Å². The molecule has 0 saturated carbocycles. The lowest BCUT2D eigenvalue weighted by Crippen LogP contribution is -1.97. The topological polar surface area (TPSA) is 0 Å². The Morgan fingerprint density at radius 1 is 0.263 bits per heavy atom. The van der Waals surface area contributed by atoms with E-state index in [1.54, 1.807) is 0 Å². The first-order valence-electron chi connectivity index (χ1n) is 18.6. The van der Waals surface area contributed by atoms with Crippen molar-refractivity contribution in [1.29, 1.82) is 0 Å². The molecule has 0 spiro atoms. The summed E-state index contributed by atoms with van der Waals surface area (Å²) in [6, 6.07) is 0. The number of unbranched alkanes of at least 4 members (excludes halogenated alkanes) is 21. The number of hydrogen-bond acceptors (Lipinski definition) is 0. The Morgan fingerprint density at radius 2 is 0.474 bits per heavy atom. The van der Waals surface area contributed by atoms with Crippen molar-refractivity contribution in [3.63, 3.8) is 0 Å². The molecule has 0 aromatic heterocycles. The molecule has 0 fully saturated rings. The smallest absolute Gasteiger partial charge is 0.0443 e. The van der Waals surface area contributed by atoms with Crippen LogP contribution in [0.4, 0.5) is 0 Å². The van der Waals surface area contributed by atoms with E-state index in [-0.39, 0.29) is 0 Å². The van der Waals surface area contributed by atoms with Gasteiger partial charge in [-0.25, -0.2) is 0 Å². The fourth-order valence-corrected chi connectivity index (χ4v) is 6.21. The Bertz CT molecular complexity index is 412. The second kappa shape index (κ2) is 31.5. The lowest BCUT2D eigenvalue weighted by Gasteiger charge is -2.13. The van der Waals surface area contributed by atoms with Gasteiger partial charge in [-0.2, -0.15) is 0 Å². The molecule has 0 aromatic rings. The molecule has 0 heteroatoms. The Hall–Kier alpha value is 0. The fraction of sp³-hybridized carbons (Fsp3) is 1.00. The highest BCUT2D eigenvalue weighted by Gasteiger charge is 2.05. The predicted octanol–water partition coefficient (Wildman–Crippen LogP) is 14.6. The first-order chi connectivity index (χ1) is 18.6. The van der Waals surface area contributed by atoms with Crippen molar-refractivity contribution in [1.82, 2.24) is 0 Å². The molecule has 0 amide bonds. The van der Waals surface area contributed by atoms with Crippen molar-refractivity contribution in [3.05, 3.63) is 0 Å². The van der Waals surface area contributed by atoms with Gasteiger partial charge in [0.2, 0.25) is 0 Å². The maximum atomic E-state index is 2.51. The van der Waals surface area contributed by atoms with E-state index < -0.39 is 0 Å². The summed E-state index contributed by atoms with van der Waals surface area (Å²) in [6.45, 7) is 12.1. The highest BCUT2D eigenvalue weighted by atomic mass is 14.1. The van der Waals surface area contributed by atoms with Crippen molar-refractivity contribution in [3.8, 4) is 0 Å². The molecule has 230 valence electrons. The van der Waals surface area contributed by atoms with Crippen LogP contribution in [-0.4, -0.2) is 0 Å². The Labute approximate surface area is 244 Å². The molecule has 0 bridgehead atoms. The average molecular weight is 535 g/mol. The van der Waals surface area contributed by atoms with Gasteiger partial charge in [0.1, 0.15) is 0 Å². The third-order valence-electron chi connectivity index (χ3n) is 9.54. The monoisotopic (exact) mass is 535 g/mol. The van der Waals surface area contributed by atoms with E-state index in [0.29, 0.717) is 0 Å². The van der Waals surface area contributed by atoms with Crippen molar-refractivity contribution in [2.45, 2.75) is 227 Å². The van der Waals surface area contributed by atoms with Gasteiger partial charge in [0.05, 0.1) is 0 Å². The minimum atomic E-state index is 0.943. The third-order valence-corrected chi connectivity index (χ3v) is 9.54. The molecule has 0 N–H and O–H groups in total. The lowest BCUT2D eigenvalue weighted by molar-refractivity contribution is 0.406. The summed E-state index contributed by atoms with van der Waals surface area (Å²) in [5.74, 6) is 2.86. The van der Waals surface area contributed by atoms with Gasteiger partial charge in [-0.15, -0.1) is 0 Å². The van der Waals surface area contributed by atoms with Crippen LogP contribution < -0.4 is 0 Å². The van der Waals surface area contributed by atoms with Crippen LogP contribution in [0.1, 0.15) is 227 Å². The van der Waals surface area contributed by atoms with Crippen molar-refractivity contribution in [2.75, 3.05) is 0 Å². The van der Waals surface area contributed by atoms with Gasteiger partial charge in [-0.1, -0.05) is 227 Å². The normalized spacial score (nSPS) is 14.1. The molecule has 3 atom stereocenters. The standard InChI is InChI=1S/C38H78/c1-6-8-9-10-11-12-13-14-15-16-17-19-23-27-32-37(4)34-29-25-30-35-38(5)33-28-24-21-18-20-22-26-31-36(3)7-2/h36-38H,6-35H2,1-5H3. The molecular formula is C38H78. The summed E-state index contributed by atoms with van der Waals surface area (Å²) < 4.78 is 0. The fourth-order valence-electron chi connectivity index (χ4n) is 6.21. The van der Waals surface area contributed by atoms with E-state index in [4.69, 9.17) is 0 Å². The molecule has 0 aliphatic rings. The van der Waals surface area contributed by atoms with Crippen LogP contribution in [0.5, 0.6) is 0 Å². The summed E-state index contributed by atoms with van der Waals surface area (Å²) >= 11 is 0. The molecule has 0 rings (SSSR count). The second-order valence-corrected chi connectivity index (χ2v) is 13.8. The molecule has 0 nitrogen and oxygen atoms in total. The summed E-state index contributed by atoms with van der Waals surface area (Å²) in [7, 11) is 0. The summed E-state index contributed by atoms with van der Waals surface area (Å²) in [6.07, 6.45) is 44.1. The summed E-state index contributed by atoms with van der Waals surface area (Å²) in [4.78, 5) is 0. The Kier molecular flexibility index (Phi) is 31.5. The van der Waals surface area contributed by atoms with E-state index >= 15 is 0 Å². The zero-order valence-corrected chi connectivity index (χ0v) is 27.9. The Balaban J connectivity index is 3.27. The van der Waals surface area contributed by atoms with Crippen LogP contribution in [0.15, 0.2) is 0 Å². The minimum Gasteiger partial charge on any atom is -0.0654 e. The van der Waals surface area contributed by atoms with Crippen LogP contribution in [0.3, 0.4) is 0 Å². The third kappa shape index (κ3) is 30.5. The molecule has 0 saturated heterocycles. The van der Waals surface area contributed by atoms with Crippen LogP contribution in [0.25, 0.3) is 0 Å². The number of hydrogen-bond donors (Lipinski definition) is 0. The van der Waals surface area contributed by atoms with Gasteiger partial charge >= 0.3 is 0 Å². The average Bonchev–Trinajstić information content (AvgIpc) is 2.91. The summed E-state index contributed by atoms with van der Waals surface area (Å²) in [5.41, 5.74) is 0. The molecule has 38 heavy (non-hydrogen) atoms. The first kappa shape index (κ1) is 38.0. The van der Waals surface area contributed by atoms with E-state index in [2.05, 4.69) is 34.6 Å². The quantitative estimate of drug-likeness (QED) is 0.0752. The zero-order valence-electron chi connectivity index (χ0n) is 27.9. The van der Waals surface area contributed by atoms with Gasteiger partial charge in [-0.05, 0) is 17.8 Å². The molecule has 0 radical (unpaired) electrons. The first-order valence-corrected chi connectivity index (χ1v) is 18.6. The van der Waals surface area contributed by atoms with Crippen LogP contribution in [0.2, 0.25) is 0 Å². The van der Waals surface area contributed by atoms with E-state index in [1.165, 1.54) is 193 Å². The Morgan fingerprint density at radius 3 is 0.737 bits per heavy atom. The predicted molar refractivity (Wildman–Crippen MR) is 177 cm³/mol. The van der Waals surface area contributed by atoms with Gasteiger partial charge in [0.25, 0.3) is 0 Å². The SMILES string of the molecule is CCCCCCCCCCCCCCCCC(C)CCCCCC(C)CCCCCCCCCC(C)CC. The van der Waals surface area contributed by atoms with Gasteiger partial charge in [0, 0.05) is 0 Å². The molecule has 0 heterocycles. The van der Waals surface area contributed by atoms with Crippen molar-refractivity contribution >= 4 is 0 Å². The molecule has 0 aromatic carbocycles. The van der Waals surface area contributed by atoms with E-state index in [1.807, 2.05) is 0 Å².